The summed E-state index contributed by atoms with van der Waals surface area (Å²) in [5, 5.41) is 0. The predicted molar refractivity (Wildman–Crippen MR) is 50.9 cm³/mol. The Labute approximate surface area is 76.9 Å². The van der Waals surface area contributed by atoms with E-state index in [0.29, 0.717) is 0 Å². The highest BCUT2D eigenvalue weighted by Crippen LogP contribution is 1.94. The van der Waals surface area contributed by atoms with Crippen molar-refractivity contribution in [3.63, 3.8) is 0 Å². The van der Waals surface area contributed by atoms with Crippen LogP contribution in [0.25, 0.3) is 0 Å². The number of aromatic nitrogens is 2. The third-order valence-electron chi connectivity index (χ3n) is 1.61. The molecule has 0 amide bonds. The molecule has 1 heterocycles. The molecule has 62 valence electrons. The number of benzene rings is 1. The topological polar surface area (TPSA) is 17.8 Å². The third-order valence-corrected chi connectivity index (χ3v) is 1.61. The molecule has 1 aromatic carbocycles. The van der Waals surface area contributed by atoms with Gasteiger partial charge in [-0.2, -0.15) is 0 Å². The van der Waals surface area contributed by atoms with Crippen LogP contribution in [0.15, 0.2) is 49.1 Å². The lowest BCUT2D eigenvalue weighted by molar-refractivity contribution is 1.11. The SMILES string of the molecule is C(#Cn1ccnc1)c1ccccc1. The molecule has 0 aliphatic rings. The Morgan fingerprint density at radius 3 is 2.69 bits per heavy atom. The van der Waals surface area contributed by atoms with Crippen molar-refractivity contribution in [2.24, 2.45) is 0 Å². The van der Waals surface area contributed by atoms with Crippen molar-refractivity contribution in [1.29, 1.82) is 0 Å². The summed E-state index contributed by atoms with van der Waals surface area (Å²) in [5.74, 6) is 3.02. The van der Waals surface area contributed by atoms with E-state index in [4.69, 9.17) is 0 Å². The second-order valence-corrected chi connectivity index (χ2v) is 2.57. The second-order valence-electron chi connectivity index (χ2n) is 2.57. The van der Waals surface area contributed by atoms with Crippen molar-refractivity contribution in [1.82, 2.24) is 9.55 Å². The van der Waals surface area contributed by atoms with Gasteiger partial charge in [0.05, 0.1) is 0 Å². The molecule has 2 nitrogen and oxygen atoms in total. The first-order valence-electron chi connectivity index (χ1n) is 4.00. The molecular weight excluding hydrogens is 160 g/mol. The smallest absolute Gasteiger partial charge is 0.106 e. The fourth-order valence-electron chi connectivity index (χ4n) is 0.976. The van der Waals surface area contributed by atoms with E-state index in [-0.39, 0.29) is 0 Å². The molecule has 2 aromatic rings. The van der Waals surface area contributed by atoms with Crippen LogP contribution in [-0.4, -0.2) is 9.55 Å². The maximum Gasteiger partial charge on any atom is 0.106 e. The first-order valence-corrected chi connectivity index (χ1v) is 4.00. The van der Waals surface area contributed by atoms with E-state index in [0.717, 1.165) is 5.56 Å². The Morgan fingerprint density at radius 2 is 2.00 bits per heavy atom. The highest BCUT2D eigenvalue weighted by atomic mass is 15.0. The summed E-state index contributed by atoms with van der Waals surface area (Å²) < 4.78 is 1.73. The average molecular weight is 168 g/mol. The molecule has 2 heteroatoms. The average Bonchev–Trinajstić information content (AvgIpc) is 2.69. The van der Waals surface area contributed by atoms with Gasteiger partial charge < -0.3 is 0 Å². The normalized spacial score (nSPS) is 8.92. The molecule has 0 spiro atoms. The van der Waals surface area contributed by atoms with Crippen molar-refractivity contribution in [2.45, 2.75) is 0 Å². The fraction of sp³-hybridized carbons (Fsp3) is 0. The van der Waals surface area contributed by atoms with Crippen LogP contribution in [0.1, 0.15) is 5.56 Å². The summed E-state index contributed by atoms with van der Waals surface area (Å²) in [7, 11) is 0. The zero-order valence-corrected chi connectivity index (χ0v) is 7.01. The maximum atomic E-state index is 3.89. The van der Waals surface area contributed by atoms with Gasteiger partial charge in [0.2, 0.25) is 0 Å². The molecule has 0 aliphatic heterocycles. The monoisotopic (exact) mass is 168 g/mol. The van der Waals surface area contributed by atoms with Crippen LogP contribution in [0.3, 0.4) is 0 Å². The predicted octanol–water partition coefficient (Wildman–Crippen LogP) is 1.74. The van der Waals surface area contributed by atoms with Crippen LogP contribution in [-0.2, 0) is 0 Å². The lowest BCUT2D eigenvalue weighted by Gasteiger charge is -1.86. The van der Waals surface area contributed by atoms with Crippen molar-refractivity contribution < 1.29 is 0 Å². The van der Waals surface area contributed by atoms with Gasteiger partial charge in [0, 0.05) is 24.0 Å². The Morgan fingerprint density at radius 1 is 1.15 bits per heavy atom. The molecule has 0 N–H and O–H groups in total. The number of rotatable bonds is 0. The summed E-state index contributed by atoms with van der Waals surface area (Å²) in [6.45, 7) is 0. The Balaban J connectivity index is 2.23. The number of hydrogen-bond acceptors (Lipinski definition) is 1. The van der Waals surface area contributed by atoms with Crippen LogP contribution < -0.4 is 0 Å². The van der Waals surface area contributed by atoms with Crippen LogP contribution >= 0.6 is 0 Å². The minimum atomic E-state index is 1.01. The number of hydrogen-bond donors (Lipinski definition) is 0. The van der Waals surface area contributed by atoms with E-state index >= 15 is 0 Å². The van der Waals surface area contributed by atoms with Gasteiger partial charge in [0.25, 0.3) is 0 Å². The van der Waals surface area contributed by atoms with Crippen LogP contribution in [0.5, 0.6) is 0 Å². The van der Waals surface area contributed by atoms with E-state index in [1.54, 1.807) is 17.1 Å². The molecule has 1 aromatic heterocycles. The molecule has 0 saturated carbocycles. The number of imidazole rings is 1. The Bertz CT molecular complexity index is 418. The van der Waals surface area contributed by atoms with E-state index in [2.05, 4.69) is 16.9 Å². The quantitative estimate of drug-likeness (QED) is 0.548. The molecule has 0 aliphatic carbocycles. The molecule has 0 unspecified atom stereocenters. The molecule has 0 radical (unpaired) electrons. The van der Waals surface area contributed by atoms with Crippen molar-refractivity contribution >= 4 is 0 Å². The van der Waals surface area contributed by atoms with Gasteiger partial charge >= 0.3 is 0 Å². The molecular formula is C11H8N2. The third kappa shape index (κ3) is 1.97. The van der Waals surface area contributed by atoms with Gasteiger partial charge in [0.1, 0.15) is 6.33 Å². The van der Waals surface area contributed by atoms with Gasteiger partial charge in [-0.15, -0.1) is 0 Å². The van der Waals surface area contributed by atoms with E-state index in [1.165, 1.54) is 0 Å². The summed E-state index contributed by atoms with van der Waals surface area (Å²) in [5.41, 5.74) is 1.01. The largest absolute Gasteiger partial charge is 0.265 e. The number of nitrogens with zero attached hydrogens (tertiary/aromatic N) is 2. The molecule has 0 bridgehead atoms. The molecule has 0 atom stereocenters. The lowest BCUT2D eigenvalue weighted by Crippen LogP contribution is -1.81. The first-order chi connectivity index (χ1) is 6.45. The van der Waals surface area contributed by atoms with Crippen LogP contribution in [0, 0.1) is 12.0 Å². The summed E-state index contributed by atoms with van der Waals surface area (Å²) in [4.78, 5) is 3.89. The molecule has 0 saturated heterocycles. The van der Waals surface area contributed by atoms with Gasteiger partial charge in [-0.05, 0) is 18.1 Å². The molecule has 2 rings (SSSR count). The summed E-state index contributed by atoms with van der Waals surface area (Å²) >= 11 is 0. The zero-order valence-electron chi connectivity index (χ0n) is 7.01. The maximum absolute atomic E-state index is 3.89. The van der Waals surface area contributed by atoms with Gasteiger partial charge in [-0.1, -0.05) is 18.2 Å². The minimum Gasteiger partial charge on any atom is -0.265 e. The van der Waals surface area contributed by atoms with Gasteiger partial charge in [0.15, 0.2) is 0 Å². The standard InChI is InChI=1S/C11H8N2/c1-2-4-11(5-3-1)6-8-13-9-7-12-10-13/h1-5,7,9-10H. The van der Waals surface area contributed by atoms with Crippen molar-refractivity contribution in [3.05, 3.63) is 54.6 Å². The highest BCUT2D eigenvalue weighted by molar-refractivity contribution is 5.33. The van der Waals surface area contributed by atoms with Crippen LogP contribution in [0.4, 0.5) is 0 Å². The van der Waals surface area contributed by atoms with E-state index < -0.39 is 0 Å². The van der Waals surface area contributed by atoms with E-state index in [1.807, 2.05) is 36.5 Å². The van der Waals surface area contributed by atoms with Gasteiger partial charge in [-0.25, -0.2) is 4.98 Å². The zero-order chi connectivity index (χ0) is 8.93. The molecule has 13 heavy (non-hydrogen) atoms. The van der Waals surface area contributed by atoms with Crippen molar-refractivity contribution in [3.8, 4) is 12.0 Å². The Hall–Kier alpha value is -2.01. The molecule has 0 fully saturated rings. The fourth-order valence-corrected chi connectivity index (χ4v) is 0.976. The van der Waals surface area contributed by atoms with Crippen LogP contribution in [0.2, 0.25) is 0 Å². The lowest BCUT2D eigenvalue weighted by atomic mass is 10.2. The second kappa shape index (κ2) is 3.59. The first kappa shape index (κ1) is 7.63. The summed E-state index contributed by atoms with van der Waals surface area (Å²) in [6, 6.07) is 12.8. The van der Waals surface area contributed by atoms with Gasteiger partial charge in [-0.3, -0.25) is 4.57 Å². The minimum absolute atomic E-state index is 1.01. The van der Waals surface area contributed by atoms with Crippen molar-refractivity contribution in [2.75, 3.05) is 0 Å². The Kier molecular flexibility index (Phi) is 2.11. The summed E-state index contributed by atoms with van der Waals surface area (Å²) in [6.07, 6.45) is 5.20. The van der Waals surface area contributed by atoms with E-state index in [9.17, 15) is 0 Å². The highest BCUT2D eigenvalue weighted by Gasteiger charge is 1.82.